The summed E-state index contributed by atoms with van der Waals surface area (Å²) in [5.74, 6) is 1.05. The van der Waals surface area contributed by atoms with Crippen LogP contribution in [0.2, 0.25) is 5.02 Å². The average molecular weight is 481 g/mol. The Balaban J connectivity index is 1.45. The monoisotopic (exact) mass is 480 g/mol. The van der Waals surface area contributed by atoms with E-state index in [1.54, 1.807) is 48.7 Å². The fraction of sp³-hybridized carbons (Fsp3) is 0.167. The zero-order valence-electron chi connectivity index (χ0n) is 17.8. The third-order valence-electron chi connectivity index (χ3n) is 4.71. The zero-order chi connectivity index (χ0) is 23.2. The van der Waals surface area contributed by atoms with Gasteiger partial charge in [-0.1, -0.05) is 35.5 Å². The van der Waals surface area contributed by atoms with Crippen LogP contribution in [0.5, 0.6) is 5.75 Å². The van der Waals surface area contributed by atoms with Gasteiger partial charge in [0.15, 0.2) is 5.16 Å². The number of nitrogens with zero attached hydrogens (tertiary/aromatic N) is 3. The number of para-hydroxylation sites is 1. The van der Waals surface area contributed by atoms with Crippen LogP contribution < -0.4 is 15.6 Å². The zero-order valence-corrected chi connectivity index (χ0v) is 19.4. The number of aryl methyl sites for hydroxylation is 1. The lowest BCUT2D eigenvalue weighted by Gasteiger charge is -2.13. The summed E-state index contributed by atoms with van der Waals surface area (Å²) in [6, 6.07) is 17.8. The Bertz CT molecular complexity index is 1340. The maximum Gasteiger partial charge on any atom is 0.267 e. The third-order valence-corrected chi connectivity index (χ3v) is 5.90. The molecule has 2 aromatic heterocycles. The number of nitrogens with one attached hydrogen (secondary N) is 1. The van der Waals surface area contributed by atoms with Gasteiger partial charge in [0.2, 0.25) is 5.91 Å². The van der Waals surface area contributed by atoms with Gasteiger partial charge >= 0.3 is 0 Å². The minimum absolute atomic E-state index is 0.0948. The van der Waals surface area contributed by atoms with Crippen molar-refractivity contribution in [3.63, 3.8) is 0 Å². The molecule has 9 heteroatoms. The molecule has 0 saturated heterocycles. The van der Waals surface area contributed by atoms with Crippen LogP contribution in [0.4, 0.5) is 0 Å². The van der Waals surface area contributed by atoms with Crippen LogP contribution in [0.3, 0.4) is 0 Å². The molecule has 168 valence electrons. The molecule has 4 aromatic rings. The van der Waals surface area contributed by atoms with Crippen molar-refractivity contribution in [1.82, 2.24) is 19.9 Å². The fourth-order valence-electron chi connectivity index (χ4n) is 3.12. The number of hydrogen-bond acceptors (Lipinski definition) is 6. The second kappa shape index (κ2) is 10.5. The standard InChI is InChI=1S/C24H21ClN4O3S/c1-16-10-11-26-21(14-16)29-23(31)19-4-2-3-5-20(19)28-24(29)33-15-22(30)27-12-13-32-18-8-6-17(25)7-9-18/h2-11,14H,12-13,15H2,1H3,(H,27,30). The fourth-order valence-corrected chi connectivity index (χ4v) is 4.08. The van der Waals surface area contributed by atoms with Crippen LogP contribution in [-0.2, 0) is 4.79 Å². The molecule has 0 saturated carbocycles. The smallest absolute Gasteiger partial charge is 0.267 e. The SMILES string of the molecule is Cc1ccnc(-n2c(SCC(=O)NCCOc3ccc(Cl)cc3)nc3ccccc3c2=O)c1. The molecule has 0 aliphatic heterocycles. The van der Waals surface area contributed by atoms with E-state index in [1.807, 2.05) is 25.1 Å². The van der Waals surface area contributed by atoms with Crippen molar-refractivity contribution in [3.8, 4) is 11.6 Å². The van der Waals surface area contributed by atoms with E-state index in [0.29, 0.717) is 45.8 Å². The maximum atomic E-state index is 13.2. The van der Waals surface area contributed by atoms with Gasteiger partial charge < -0.3 is 10.1 Å². The summed E-state index contributed by atoms with van der Waals surface area (Å²) in [6.07, 6.45) is 1.65. The summed E-state index contributed by atoms with van der Waals surface area (Å²) >= 11 is 7.04. The molecule has 2 aromatic carbocycles. The molecule has 2 heterocycles. The van der Waals surface area contributed by atoms with Crippen LogP contribution in [0, 0.1) is 6.92 Å². The number of amides is 1. The van der Waals surface area contributed by atoms with Crippen molar-refractivity contribution in [1.29, 1.82) is 0 Å². The molecule has 0 aliphatic carbocycles. The normalized spacial score (nSPS) is 10.8. The first kappa shape index (κ1) is 22.8. The number of rotatable bonds is 8. The number of pyridine rings is 1. The Labute approximate surface area is 199 Å². The Morgan fingerprint density at radius 3 is 2.73 bits per heavy atom. The van der Waals surface area contributed by atoms with E-state index < -0.39 is 0 Å². The van der Waals surface area contributed by atoms with Gasteiger partial charge in [-0.05, 0) is 61.0 Å². The lowest BCUT2D eigenvalue weighted by atomic mass is 10.2. The highest BCUT2D eigenvalue weighted by atomic mass is 35.5. The van der Waals surface area contributed by atoms with Crippen molar-refractivity contribution in [2.24, 2.45) is 0 Å². The highest BCUT2D eigenvalue weighted by molar-refractivity contribution is 7.99. The van der Waals surface area contributed by atoms with Crippen LogP contribution in [0.15, 0.2) is 76.8 Å². The average Bonchev–Trinajstić information content (AvgIpc) is 2.82. The van der Waals surface area contributed by atoms with E-state index in [2.05, 4.69) is 15.3 Å². The number of carbonyl (C=O) groups excluding carboxylic acids is 1. The Kier molecular flexibility index (Phi) is 7.26. The molecule has 7 nitrogen and oxygen atoms in total. The van der Waals surface area contributed by atoms with E-state index in [-0.39, 0.29) is 17.2 Å². The number of halogens is 1. The first-order valence-corrected chi connectivity index (χ1v) is 11.6. The van der Waals surface area contributed by atoms with E-state index in [0.717, 1.165) is 5.56 Å². The lowest BCUT2D eigenvalue weighted by Crippen LogP contribution is -2.30. The molecule has 4 rings (SSSR count). The molecular weight excluding hydrogens is 460 g/mol. The summed E-state index contributed by atoms with van der Waals surface area (Å²) in [5.41, 5.74) is 1.32. The molecule has 0 radical (unpaired) electrons. The maximum absolute atomic E-state index is 13.2. The molecule has 0 atom stereocenters. The van der Waals surface area contributed by atoms with E-state index >= 15 is 0 Å². The first-order valence-electron chi connectivity index (χ1n) is 10.2. The molecular formula is C24H21ClN4O3S. The number of hydrogen-bond donors (Lipinski definition) is 1. The highest BCUT2D eigenvalue weighted by Crippen LogP contribution is 2.21. The van der Waals surface area contributed by atoms with Gasteiger partial charge in [0, 0.05) is 11.2 Å². The first-order chi connectivity index (χ1) is 16.0. The van der Waals surface area contributed by atoms with Crippen molar-refractivity contribution in [3.05, 3.63) is 87.8 Å². The second-order valence-corrected chi connectivity index (χ2v) is 8.56. The van der Waals surface area contributed by atoms with E-state index in [4.69, 9.17) is 16.3 Å². The second-order valence-electron chi connectivity index (χ2n) is 7.18. The molecule has 1 amide bonds. The molecule has 33 heavy (non-hydrogen) atoms. The predicted octanol–water partition coefficient (Wildman–Crippen LogP) is 4.03. The molecule has 0 aliphatic rings. The van der Waals surface area contributed by atoms with Crippen molar-refractivity contribution >= 4 is 40.2 Å². The van der Waals surface area contributed by atoms with Gasteiger partial charge in [-0.15, -0.1) is 0 Å². The quantitative estimate of drug-likeness (QED) is 0.233. The Hall–Kier alpha value is -3.36. The van der Waals surface area contributed by atoms with Gasteiger partial charge in [-0.25, -0.2) is 14.5 Å². The molecule has 0 bridgehead atoms. The van der Waals surface area contributed by atoms with Gasteiger partial charge in [0.1, 0.15) is 18.2 Å². The largest absolute Gasteiger partial charge is 0.492 e. The van der Waals surface area contributed by atoms with Gasteiger partial charge in [-0.3, -0.25) is 9.59 Å². The summed E-state index contributed by atoms with van der Waals surface area (Å²) in [6.45, 7) is 2.60. The molecule has 0 spiro atoms. The topological polar surface area (TPSA) is 86.1 Å². The summed E-state index contributed by atoms with van der Waals surface area (Å²) in [5, 5.41) is 4.35. The van der Waals surface area contributed by atoms with Gasteiger partial charge in [0.25, 0.3) is 5.56 Å². The Morgan fingerprint density at radius 1 is 1.15 bits per heavy atom. The number of aromatic nitrogens is 3. The summed E-state index contributed by atoms with van der Waals surface area (Å²) in [7, 11) is 0. The number of thioether (sulfide) groups is 1. The predicted molar refractivity (Wildman–Crippen MR) is 131 cm³/mol. The lowest BCUT2D eigenvalue weighted by molar-refractivity contribution is -0.118. The van der Waals surface area contributed by atoms with E-state index in [1.165, 1.54) is 16.3 Å². The summed E-state index contributed by atoms with van der Waals surface area (Å²) < 4.78 is 7.04. The third kappa shape index (κ3) is 5.71. The van der Waals surface area contributed by atoms with Gasteiger partial charge in [0.05, 0.1) is 23.2 Å². The highest BCUT2D eigenvalue weighted by Gasteiger charge is 2.15. The van der Waals surface area contributed by atoms with Crippen molar-refractivity contribution < 1.29 is 9.53 Å². The van der Waals surface area contributed by atoms with E-state index in [9.17, 15) is 9.59 Å². The minimum Gasteiger partial charge on any atom is -0.492 e. The van der Waals surface area contributed by atoms with Crippen LogP contribution in [0.1, 0.15) is 5.56 Å². The molecule has 0 unspecified atom stereocenters. The Morgan fingerprint density at radius 2 is 1.94 bits per heavy atom. The molecule has 0 fully saturated rings. The van der Waals surface area contributed by atoms with Gasteiger partial charge in [-0.2, -0.15) is 0 Å². The van der Waals surface area contributed by atoms with Crippen molar-refractivity contribution in [2.75, 3.05) is 18.9 Å². The van der Waals surface area contributed by atoms with Crippen molar-refractivity contribution in [2.45, 2.75) is 12.1 Å². The van der Waals surface area contributed by atoms with Crippen LogP contribution in [-0.4, -0.2) is 39.3 Å². The van der Waals surface area contributed by atoms with Crippen LogP contribution in [0.25, 0.3) is 16.7 Å². The number of fused-ring (bicyclic) bond motifs is 1. The van der Waals surface area contributed by atoms with Crippen LogP contribution >= 0.6 is 23.4 Å². The number of carbonyl (C=O) groups is 1. The number of ether oxygens (including phenoxy) is 1. The number of benzene rings is 2. The molecule has 1 N–H and O–H groups in total. The summed E-state index contributed by atoms with van der Waals surface area (Å²) in [4.78, 5) is 34.6. The minimum atomic E-state index is -0.224.